The molecule has 0 radical (unpaired) electrons. The van der Waals surface area contributed by atoms with Crippen LogP contribution in [0, 0.1) is 0 Å². The van der Waals surface area contributed by atoms with Crippen molar-refractivity contribution in [2.75, 3.05) is 20.1 Å². The number of carbonyl (C=O) groups excluding carboxylic acids is 1. The number of carbonyl (C=O) groups is 1. The van der Waals surface area contributed by atoms with Crippen LogP contribution in [-0.4, -0.2) is 37.0 Å². The van der Waals surface area contributed by atoms with Gasteiger partial charge < -0.3 is 10.2 Å². The molecule has 21 heavy (non-hydrogen) atoms. The van der Waals surface area contributed by atoms with E-state index in [1.165, 1.54) is 5.56 Å². The van der Waals surface area contributed by atoms with E-state index >= 15 is 0 Å². The summed E-state index contributed by atoms with van der Waals surface area (Å²) in [6.45, 7) is 3.96. The lowest BCUT2D eigenvalue weighted by Crippen LogP contribution is -2.44. The summed E-state index contributed by atoms with van der Waals surface area (Å²) in [4.78, 5) is 14.5. The predicted octanol–water partition coefficient (Wildman–Crippen LogP) is 3.20. The number of piperidine rings is 1. The fourth-order valence-electron chi connectivity index (χ4n) is 2.98. The molecular weight excluding hydrogens is 284 g/mol. The number of nitrogens with one attached hydrogen (secondary N) is 1. The molecule has 1 atom stereocenters. The van der Waals surface area contributed by atoms with Gasteiger partial charge in [-0.2, -0.15) is 0 Å². The van der Waals surface area contributed by atoms with Gasteiger partial charge in [-0.3, -0.25) is 4.79 Å². The number of hydrogen-bond acceptors (Lipinski definition) is 2. The summed E-state index contributed by atoms with van der Waals surface area (Å²) in [5, 5.41) is 3.30. The first kappa shape index (κ1) is 18.0. The molecule has 0 spiro atoms. The van der Waals surface area contributed by atoms with Crippen molar-refractivity contribution in [2.45, 2.75) is 44.6 Å². The highest BCUT2D eigenvalue weighted by atomic mass is 35.5. The molecule has 1 amide bonds. The Labute approximate surface area is 134 Å². The van der Waals surface area contributed by atoms with Crippen molar-refractivity contribution in [1.29, 1.82) is 0 Å². The standard InChI is InChI=1S/C17H26N2O.ClH/c1-3-14(15-7-5-4-6-8-15)13-17(20)19-11-9-16(18-2)10-12-19;/h4-8,14,16,18H,3,9-13H2,1-2H3;1H. The smallest absolute Gasteiger partial charge is 0.223 e. The van der Waals surface area contributed by atoms with E-state index in [0.717, 1.165) is 32.4 Å². The van der Waals surface area contributed by atoms with Crippen molar-refractivity contribution >= 4 is 18.3 Å². The van der Waals surface area contributed by atoms with Crippen molar-refractivity contribution in [3.8, 4) is 0 Å². The fraction of sp³-hybridized carbons (Fsp3) is 0.588. The van der Waals surface area contributed by atoms with E-state index in [0.29, 0.717) is 24.3 Å². The van der Waals surface area contributed by atoms with Crippen molar-refractivity contribution in [3.63, 3.8) is 0 Å². The van der Waals surface area contributed by atoms with Crippen LogP contribution in [-0.2, 0) is 4.79 Å². The van der Waals surface area contributed by atoms with Gasteiger partial charge in [-0.05, 0) is 37.8 Å². The third-order valence-corrected chi connectivity index (χ3v) is 4.44. The Morgan fingerprint density at radius 2 is 1.90 bits per heavy atom. The molecule has 0 saturated carbocycles. The highest BCUT2D eigenvalue weighted by Crippen LogP contribution is 2.24. The molecule has 2 rings (SSSR count). The van der Waals surface area contributed by atoms with Crippen LogP contribution in [0.5, 0.6) is 0 Å². The molecule has 4 heteroatoms. The van der Waals surface area contributed by atoms with Gasteiger partial charge >= 0.3 is 0 Å². The van der Waals surface area contributed by atoms with Crippen LogP contribution in [0.1, 0.15) is 44.1 Å². The Kier molecular flexibility index (Phi) is 7.76. The summed E-state index contributed by atoms with van der Waals surface area (Å²) in [7, 11) is 2.00. The average molecular weight is 311 g/mol. The topological polar surface area (TPSA) is 32.3 Å². The summed E-state index contributed by atoms with van der Waals surface area (Å²) in [6.07, 6.45) is 3.81. The van der Waals surface area contributed by atoms with E-state index in [1.807, 2.05) is 18.0 Å². The monoisotopic (exact) mass is 310 g/mol. The molecule has 1 aromatic rings. The molecule has 0 aliphatic carbocycles. The maximum Gasteiger partial charge on any atom is 0.223 e. The Morgan fingerprint density at radius 1 is 1.29 bits per heavy atom. The summed E-state index contributed by atoms with van der Waals surface area (Å²) in [6, 6.07) is 11.0. The van der Waals surface area contributed by atoms with Gasteiger partial charge in [-0.1, -0.05) is 37.3 Å². The van der Waals surface area contributed by atoms with Crippen molar-refractivity contribution in [2.24, 2.45) is 0 Å². The number of likely N-dealkylation sites (tertiary alicyclic amines) is 1. The number of hydrogen-bond donors (Lipinski definition) is 1. The first-order chi connectivity index (χ1) is 9.74. The lowest BCUT2D eigenvalue weighted by Gasteiger charge is -2.32. The van der Waals surface area contributed by atoms with Gasteiger partial charge in [-0.25, -0.2) is 0 Å². The first-order valence-corrected chi connectivity index (χ1v) is 7.74. The van der Waals surface area contributed by atoms with Crippen LogP contribution in [0.15, 0.2) is 30.3 Å². The molecule has 1 saturated heterocycles. The molecule has 0 aromatic heterocycles. The lowest BCUT2D eigenvalue weighted by molar-refractivity contribution is -0.132. The van der Waals surface area contributed by atoms with E-state index in [-0.39, 0.29) is 12.4 Å². The third kappa shape index (κ3) is 5.01. The number of rotatable bonds is 5. The second-order valence-electron chi connectivity index (χ2n) is 5.66. The van der Waals surface area contributed by atoms with Crippen molar-refractivity contribution < 1.29 is 4.79 Å². The minimum Gasteiger partial charge on any atom is -0.343 e. The van der Waals surface area contributed by atoms with Gasteiger partial charge in [-0.15, -0.1) is 12.4 Å². The number of benzene rings is 1. The molecule has 1 aliphatic rings. The summed E-state index contributed by atoms with van der Waals surface area (Å²) < 4.78 is 0. The summed E-state index contributed by atoms with van der Waals surface area (Å²) >= 11 is 0. The van der Waals surface area contributed by atoms with Gasteiger partial charge in [0.2, 0.25) is 5.91 Å². The summed E-state index contributed by atoms with van der Waals surface area (Å²) in [5.41, 5.74) is 1.29. The van der Waals surface area contributed by atoms with Crippen LogP contribution in [0.2, 0.25) is 0 Å². The van der Waals surface area contributed by atoms with Gasteiger partial charge in [0, 0.05) is 25.6 Å². The normalized spacial score (nSPS) is 17.1. The second-order valence-corrected chi connectivity index (χ2v) is 5.66. The SMILES string of the molecule is CCC(CC(=O)N1CCC(NC)CC1)c1ccccc1.Cl. The maximum absolute atomic E-state index is 12.4. The van der Waals surface area contributed by atoms with Crippen LogP contribution in [0.3, 0.4) is 0 Å². The highest BCUT2D eigenvalue weighted by Gasteiger charge is 2.23. The predicted molar refractivity (Wildman–Crippen MR) is 90.0 cm³/mol. The average Bonchev–Trinajstić information content (AvgIpc) is 2.53. The zero-order chi connectivity index (χ0) is 14.4. The molecule has 1 aliphatic heterocycles. The van der Waals surface area contributed by atoms with Gasteiger partial charge in [0.25, 0.3) is 0 Å². The first-order valence-electron chi connectivity index (χ1n) is 7.74. The van der Waals surface area contributed by atoms with E-state index in [4.69, 9.17) is 0 Å². The van der Waals surface area contributed by atoms with Gasteiger partial charge in [0.15, 0.2) is 0 Å². The second kappa shape index (κ2) is 9.06. The molecule has 1 heterocycles. The number of halogens is 1. The van der Waals surface area contributed by atoms with Crippen LogP contribution in [0.25, 0.3) is 0 Å². The zero-order valence-corrected chi connectivity index (χ0v) is 13.9. The molecular formula is C17H27ClN2O. The van der Waals surface area contributed by atoms with E-state index in [1.54, 1.807) is 0 Å². The van der Waals surface area contributed by atoms with Crippen molar-refractivity contribution in [1.82, 2.24) is 10.2 Å². The van der Waals surface area contributed by atoms with Crippen molar-refractivity contribution in [3.05, 3.63) is 35.9 Å². The Hall–Kier alpha value is -1.06. The quantitative estimate of drug-likeness (QED) is 0.906. The molecule has 1 N–H and O–H groups in total. The molecule has 1 fully saturated rings. The third-order valence-electron chi connectivity index (χ3n) is 4.44. The van der Waals surface area contributed by atoms with Gasteiger partial charge in [0.05, 0.1) is 0 Å². The minimum atomic E-state index is 0. The molecule has 3 nitrogen and oxygen atoms in total. The van der Waals surface area contributed by atoms with E-state index in [9.17, 15) is 4.79 Å². The molecule has 1 unspecified atom stereocenters. The minimum absolute atomic E-state index is 0. The highest BCUT2D eigenvalue weighted by molar-refractivity contribution is 5.85. The molecule has 0 bridgehead atoms. The Morgan fingerprint density at radius 3 is 2.43 bits per heavy atom. The van der Waals surface area contributed by atoms with E-state index < -0.39 is 0 Å². The van der Waals surface area contributed by atoms with Crippen LogP contribution in [0.4, 0.5) is 0 Å². The van der Waals surface area contributed by atoms with E-state index in [2.05, 4.69) is 36.5 Å². The number of nitrogens with zero attached hydrogens (tertiary/aromatic N) is 1. The maximum atomic E-state index is 12.4. The van der Waals surface area contributed by atoms with Crippen LogP contribution >= 0.6 is 12.4 Å². The Bertz CT molecular complexity index is 416. The zero-order valence-electron chi connectivity index (χ0n) is 13.0. The molecule has 1 aromatic carbocycles. The van der Waals surface area contributed by atoms with Crippen LogP contribution < -0.4 is 5.32 Å². The number of amides is 1. The Balaban J connectivity index is 0.00000220. The molecule has 118 valence electrons. The fourth-order valence-corrected chi connectivity index (χ4v) is 2.98. The largest absolute Gasteiger partial charge is 0.343 e. The van der Waals surface area contributed by atoms with Gasteiger partial charge in [0.1, 0.15) is 0 Å². The lowest BCUT2D eigenvalue weighted by atomic mass is 9.92. The summed E-state index contributed by atoms with van der Waals surface area (Å²) in [5.74, 6) is 0.668.